The number of anilines is 1. The lowest BCUT2D eigenvalue weighted by Gasteiger charge is -2.12. The summed E-state index contributed by atoms with van der Waals surface area (Å²) in [7, 11) is 0. The number of nitrogens with one attached hydrogen (secondary N) is 1. The topological polar surface area (TPSA) is 37.8 Å². The second-order valence-corrected chi connectivity index (χ2v) is 4.72. The Labute approximate surface area is 115 Å². The SMILES string of the molecule is CCNc1cc(CC)nc(-c2c(C)cccc2C)n1. The molecular formula is C16H21N3. The minimum absolute atomic E-state index is 0.825. The molecule has 1 N–H and O–H groups in total. The molecule has 1 heterocycles. The van der Waals surface area contributed by atoms with Crippen LogP contribution in [0.3, 0.4) is 0 Å². The molecule has 2 rings (SSSR count). The average Bonchev–Trinajstić information content (AvgIpc) is 2.38. The highest BCUT2D eigenvalue weighted by Gasteiger charge is 2.10. The van der Waals surface area contributed by atoms with Gasteiger partial charge in [-0.15, -0.1) is 0 Å². The van der Waals surface area contributed by atoms with E-state index in [1.165, 1.54) is 11.1 Å². The third-order valence-corrected chi connectivity index (χ3v) is 3.20. The van der Waals surface area contributed by atoms with Gasteiger partial charge in [0.2, 0.25) is 0 Å². The second-order valence-electron chi connectivity index (χ2n) is 4.72. The first-order valence-corrected chi connectivity index (χ1v) is 6.84. The van der Waals surface area contributed by atoms with Crippen molar-refractivity contribution in [2.45, 2.75) is 34.1 Å². The summed E-state index contributed by atoms with van der Waals surface area (Å²) in [6.45, 7) is 9.28. The Bertz CT molecular complexity index is 556. The molecule has 100 valence electrons. The van der Waals surface area contributed by atoms with Gasteiger partial charge in [-0.2, -0.15) is 0 Å². The Morgan fingerprint density at radius 3 is 2.32 bits per heavy atom. The largest absolute Gasteiger partial charge is 0.370 e. The van der Waals surface area contributed by atoms with Gasteiger partial charge in [-0.1, -0.05) is 25.1 Å². The van der Waals surface area contributed by atoms with E-state index in [1.807, 2.05) is 6.07 Å². The van der Waals surface area contributed by atoms with Crippen molar-refractivity contribution in [3.8, 4) is 11.4 Å². The van der Waals surface area contributed by atoms with Crippen LogP contribution in [0.2, 0.25) is 0 Å². The molecule has 0 unspecified atom stereocenters. The lowest BCUT2D eigenvalue weighted by molar-refractivity contribution is 0.995. The number of aromatic nitrogens is 2. The zero-order valence-electron chi connectivity index (χ0n) is 12.1. The number of rotatable bonds is 4. The van der Waals surface area contributed by atoms with Gasteiger partial charge in [-0.25, -0.2) is 9.97 Å². The number of aryl methyl sites for hydroxylation is 3. The standard InChI is InChI=1S/C16H21N3/c1-5-13-10-14(17-6-2)19-16(18-13)15-11(3)8-7-9-12(15)4/h7-10H,5-6H2,1-4H3,(H,17,18,19). The van der Waals surface area contributed by atoms with E-state index in [9.17, 15) is 0 Å². The van der Waals surface area contributed by atoms with E-state index in [-0.39, 0.29) is 0 Å². The predicted octanol–water partition coefficient (Wildman–Crippen LogP) is 3.75. The van der Waals surface area contributed by atoms with Gasteiger partial charge in [-0.05, 0) is 38.3 Å². The molecule has 2 aromatic rings. The van der Waals surface area contributed by atoms with Crippen LogP contribution < -0.4 is 5.32 Å². The Morgan fingerprint density at radius 2 is 1.74 bits per heavy atom. The van der Waals surface area contributed by atoms with Gasteiger partial charge >= 0.3 is 0 Å². The molecule has 0 aliphatic carbocycles. The molecule has 0 bridgehead atoms. The molecule has 0 saturated heterocycles. The Morgan fingerprint density at radius 1 is 1.05 bits per heavy atom. The predicted molar refractivity (Wildman–Crippen MR) is 80.5 cm³/mol. The summed E-state index contributed by atoms with van der Waals surface area (Å²) < 4.78 is 0. The first kappa shape index (κ1) is 13.5. The summed E-state index contributed by atoms with van der Waals surface area (Å²) in [6.07, 6.45) is 0.916. The van der Waals surface area contributed by atoms with Gasteiger partial charge in [0.15, 0.2) is 5.82 Å². The van der Waals surface area contributed by atoms with Crippen LogP contribution in [-0.4, -0.2) is 16.5 Å². The Kier molecular flexibility index (Phi) is 4.15. The molecule has 0 aliphatic rings. The monoisotopic (exact) mass is 255 g/mol. The maximum Gasteiger partial charge on any atom is 0.162 e. The van der Waals surface area contributed by atoms with Crippen LogP contribution in [0.5, 0.6) is 0 Å². The van der Waals surface area contributed by atoms with Crippen LogP contribution in [0.25, 0.3) is 11.4 Å². The van der Waals surface area contributed by atoms with Crippen molar-refractivity contribution >= 4 is 5.82 Å². The fourth-order valence-electron chi connectivity index (χ4n) is 2.23. The molecular weight excluding hydrogens is 234 g/mol. The molecule has 3 heteroatoms. The molecule has 19 heavy (non-hydrogen) atoms. The van der Waals surface area contributed by atoms with E-state index in [4.69, 9.17) is 0 Å². The number of benzene rings is 1. The van der Waals surface area contributed by atoms with Crippen molar-refractivity contribution in [2.75, 3.05) is 11.9 Å². The third kappa shape index (κ3) is 2.92. The van der Waals surface area contributed by atoms with E-state index in [0.717, 1.165) is 35.9 Å². The first-order valence-electron chi connectivity index (χ1n) is 6.84. The first-order chi connectivity index (χ1) is 9.15. The highest BCUT2D eigenvalue weighted by atomic mass is 15.0. The van der Waals surface area contributed by atoms with Crippen molar-refractivity contribution in [3.05, 3.63) is 41.1 Å². The molecule has 1 aromatic carbocycles. The van der Waals surface area contributed by atoms with Gasteiger partial charge in [0.25, 0.3) is 0 Å². The van der Waals surface area contributed by atoms with E-state index in [0.29, 0.717) is 0 Å². The molecule has 0 fully saturated rings. The lowest BCUT2D eigenvalue weighted by atomic mass is 10.0. The Balaban J connectivity index is 2.57. The summed E-state index contributed by atoms with van der Waals surface area (Å²) >= 11 is 0. The summed E-state index contributed by atoms with van der Waals surface area (Å²) in [5, 5.41) is 3.28. The van der Waals surface area contributed by atoms with E-state index < -0.39 is 0 Å². The van der Waals surface area contributed by atoms with Gasteiger partial charge in [-0.3, -0.25) is 0 Å². The summed E-state index contributed by atoms with van der Waals surface area (Å²) in [6, 6.07) is 8.32. The van der Waals surface area contributed by atoms with E-state index >= 15 is 0 Å². The number of hydrogen-bond acceptors (Lipinski definition) is 3. The molecule has 0 amide bonds. The number of nitrogens with zero attached hydrogens (tertiary/aromatic N) is 2. The third-order valence-electron chi connectivity index (χ3n) is 3.20. The number of hydrogen-bond donors (Lipinski definition) is 1. The quantitative estimate of drug-likeness (QED) is 0.904. The molecule has 1 aromatic heterocycles. The highest BCUT2D eigenvalue weighted by molar-refractivity contribution is 5.65. The average molecular weight is 255 g/mol. The van der Waals surface area contributed by atoms with E-state index in [1.54, 1.807) is 0 Å². The van der Waals surface area contributed by atoms with E-state index in [2.05, 4.69) is 61.2 Å². The summed E-state index contributed by atoms with van der Waals surface area (Å²) in [4.78, 5) is 9.32. The van der Waals surface area contributed by atoms with Crippen molar-refractivity contribution in [1.82, 2.24) is 9.97 Å². The molecule has 0 saturated carbocycles. The maximum absolute atomic E-state index is 4.67. The molecule has 0 atom stereocenters. The van der Waals surface area contributed by atoms with Gasteiger partial charge in [0.05, 0.1) is 0 Å². The minimum Gasteiger partial charge on any atom is -0.370 e. The lowest BCUT2D eigenvalue weighted by Crippen LogP contribution is -2.04. The zero-order chi connectivity index (χ0) is 13.8. The highest BCUT2D eigenvalue weighted by Crippen LogP contribution is 2.25. The fourth-order valence-corrected chi connectivity index (χ4v) is 2.23. The van der Waals surface area contributed by atoms with Crippen molar-refractivity contribution < 1.29 is 0 Å². The zero-order valence-corrected chi connectivity index (χ0v) is 12.1. The Hall–Kier alpha value is -1.90. The van der Waals surface area contributed by atoms with Gasteiger partial charge < -0.3 is 5.32 Å². The smallest absolute Gasteiger partial charge is 0.162 e. The van der Waals surface area contributed by atoms with Crippen LogP contribution in [0.4, 0.5) is 5.82 Å². The van der Waals surface area contributed by atoms with Crippen LogP contribution in [-0.2, 0) is 6.42 Å². The van der Waals surface area contributed by atoms with Crippen LogP contribution in [0.1, 0.15) is 30.7 Å². The van der Waals surface area contributed by atoms with Gasteiger partial charge in [0.1, 0.15) is 5.82 Å². The van der Waals surface area contributed by atoms with Crippen molar-refractivity contribution in [2.24, 2.45) is 0 Å². The van der Waals surface area contributed by atoms with Crippen molar-refractivity contribution in [1.29, 1.82) is 0 Å². The van der Waals surface area contributed by atoms with Crippen LogP contribution in [0.15, 0.2) is 24.3 Å². The molecule has 0 aliphatic heterocycles. The maximum atomic E-state index is 4.67. The fraction of sp³-hybridized carbons (Fsp3) is 0.375. The second kappa shape index (κ2) is 5.83. The normalized spacial score (nSPS) is 10.5. The van der Waals surface area contributed by atoms with Crippen LogP contribution >= 0.6 is 0 Å². The molecule has 3 nitrogen and oxygen atoms in total. The molecule has 0 spiro atoms. The summed E-state index contributed by atoms with van der Waals surface area (Å²) in [5.41, 5.74) is 4.66. The van der Waals surface area contributed by atoms with Gasteiger partial charge in [0, 0.05) is 23.9 Å². The van der Waals surface area contributed by atoms with Crippen molar-refractivity contribution in [3.63, 3.8) is 0 Å². The minimum atomic E-state index is 0.825. The molecule has 0 radical (unpaired) electrons. The summed E-state index contributed by atoms with van der Waals surface area (Å²) in [5.74, 6) is 1.73. The van der Waals surface area contributed by atoms with Crippen LogP contribution in [0, 0.1) is 13.8 Å².